The maximum absolute atomic E-state index is 5.89. The Morgan fingerprint density at radius 2 is 2.28 bits per heavy atom. The lowest BCUT2D eigenvalue weighted by molar-refractivity contribution is 0.296. The highest BCUT2D eigenvalue weighted by atomic mass is 32.1. The SMILES string of the molecule is CNC(C)c1ccc(C)cc1OCc1cscn1. The number of thiazole rings is 1. The molecule has 18 heavy (non-hydrogen) atoms. The van der Waals surface area contributed by atoms with Crippen LogP contribution >= 0.6 is 11.3 Å². The molecule has 0 aliphatic rings. The van der Waals surface area contributed by atoms with E-state index in [4.69, 9.17) is 4.74 Å². The van der Waals surface area contributed by atoms with Crippen LogP contribution in [-0.2, 0) is 6.61 Å². The van der Waals surface area contributed by atoms with E-state index >= 15 is 0 Å². The summed E-state index contributed by atoms with van der Waals surface area (Å²) in [7, 11) is 1.95. The predicted octanol–water partition coefficient (Wildman–Crippen LogP) is 3.31. The first-order valence-electron chi connectivity index (χ1n) is 5.98. The summed E-state index contributed by atoms with van der Waals surface area (Å²) in [4.78, 5) is 4.23. The molecule has 1 heterocycles. The monoisotopic (exact) mass is 262 g/mol. The van der Waals surface area contributed by atoms with Gasteiger partial charge in [0.1, 0.15) is 12.4 Å². The van der Waals surface area contributed by atoms with E-state index in [0.717, 1.165) is 11.4 Å². The highest BCUT2D eigenvalue weighted by molar-refractivity contribution is 7.07. The molecule has 96 valence electrons. The topological polar surface area (TPSA) is 34.1 Å². The van der Waals surface area contributed by atoms with Gasteiger partial charge in [-0.1, -0.05) is 12.1 Å². The van der Waals surface area contributed by atoms with Gasteiger partial charge in [-0.05, 0) is 32.5 Å². The van der Waals surface area contributed by atoms with Gasteiger partial charge < -0.3 is 10.1 Å². The Hall–Kier alpha value is -1.39. The molecule has 2 aromatic rings. The van der Waals surface area contributed by atoms with Gasteiger partial charge in [0.2, 0.25) is 0 Å². The summed E-state index contributed by atoms with van der Waals surface area (Å²) >= 11 is 1.59. The summed E-state index contributed by atoms with van der Waals surface area (Å²) in [5.74, 6) is 0.935. The zero-order valence-electron chi connectivity index (χ0n) is 10.9. The molecule has 1 atom stereocenters. The zero-order chi connectivity index (χ0) is 13.0. The lowest BCUT2D eigenvalue weighted by Gasteiger charge is -2.16. The average Bonchev–Trinajstić information content (AvgIpc) is 2.88. The van der Waals surface area contributed by atoms with E-state index < -0.39 is 0 Å². The first-order chi connectivity index (χ1) is 8.70. The standard InChI is InChI=1S/C14H18N2OS/c1-10-4-5-13(11(2)15-3)14(6-10)17-7-12-8-18-9-16-12/h4-6,8-9,11,15H,7H2,1-3H3. The van der Waals surface area contributed by atoms with E-state index in [-0.39, 0.29) is 6.04 Å². The van der Waals surface area contributed by atoms with Crippen LogP contribution in [0.15, 0.2) is 29.1 Å². The number of hydrogen-bond acceptors (Lipinski definition) is 4. The maximum atomic E-state index is 5.89. The predicted molar refractivity (Wildman–Crippen MR) is 75.1 cm³/mol. The second-order valence-electron chi connectivity index (χ2n) is 4.32. The van der Waals surface area contributed by atoms with Crippen LogP contribution in [0.3, 0.4) is 0 Å². The van der Waals surface area contributed by atoms with Gasteiger partial charge >= 0.3 is 0 Å². The smallest absolute Gasteiger partial charge is 0.131 e. The van der Waals surface area contributed by atoms with Gasteiger partial charge in [-0.3, -0.25) is 0 Å². The van der Waals surface area contributed by atoms with Crippen molar-refractivity contribution in [3.05, 3.63) is 45.9 Å². The van der Waals surface area contributed by atoms with Gasteiger partial charge in [-0.2, -0.15) is 0 Å². The first-order valence-corrected chi connectivity index (χ1v) is 6.92. The lowest BCUT2D eigenvalue weighted by atomic mass is 10.1. The van der Waals surface area contributed by atoms with Crippen molar-refractivity contribution < 1.29 is 4.74 Å². The molecule has 1 aromatic carbocycles. The van der Waals surface area contributed by atoms with Crippen LogP contribution in [-0.4, -0.2) is 12.0 Å². The van der Waals surface area contributed by atoms with Crippen LogP contribution in [0.5, 0.6) is 5.75 Å². The average molecular weight is 262 g/mol. The Morgan fingerprint density at radius 3 is 2.94 bits per heavy atom. The summed E-state index contributed by atoms with van der Waals surface area (Å²) in [6, 6.07) is 6.58. The van der Waals surface area contributed by atoms with Crippen LogP contribution in [0.4, 0.5) is 0 Å². The van der Waals surface area contributed by atoms with Crippen LogP contribution in [0, 0.1) is 6.92 Å². The number of rotatable bonds is 5. The molecule has 0 aliphatic carbocycles. The number of nitrogens with one attached hydrogen (secondary N) is 1. The van der Waals surface area contributed by atoms with Gasteiger partial charge in [0.05, 0.1) is 11.2 Å². The molecule has 0 amide bonds. The molecule has 1 unspecified atom stereocenters. The largest absolute Gasteiger partial charge is 0.487 e. The minimum atomic E-state index is 0.274. The Balaban J connectivity index is 2.17. The van der Waals surface area contributed by atoms with Crippen molar-refractivity contribution in [1.29, 1.82) is 0 Å². The second kappa shape index (κ2) is 5.98. The molecular weight excluding hydrogens is 244 g/mol. The van der Waals surface area contributed by atoms with E-state index in [1.54, 1.807) is 11.3 Å². The van der Waals surface area contributed by atoms with E-state index in [0.29, 0.717) is 6.61 Å². The third-order valence-corrected chi connectivity index (χ3v) is 3.56. The normalized spacial score (nSPS) is 12.4. The molecule has 2 rings (SSSR count). The molecule has 0 saturated heterocycles. The van der Waals surface area contributed by atoms with Crippen molar-refractivity contribution in [3.8, 4) is 5.75 Å². The van der Waals surface area contributed by atoms with Gasteiger partial charge in [-0.15, -0.1) is 11.3 Å². The quantitative estimate of drug-likeness (QED) is 0.897. The fourth-order valence-electron chi connectivity index (χ4n) is 1.74. The number of nitrogens with zero attached hydrogens (tertiary/aromatic N) is 1. The third-order valence-electron chi connectivity index (χ3n) is 2.93. The highest BCUT2D eigenvalue weighted by Gasteiger charge is 2.10. The summed E-state index contributed by atoms with van der Waals surface area (Å²) in [5.41, 5.74) is 5.18. The molecule has 4 heteroatoms. The Bertz CT molecular complexity index is 497. The van der Waals surface area contributed by atoms with E-state index in [1.165, 1.54) is 11.1 Å². The van der Waals surface area contributed by atoms with Crippen molar-refractivity contribution in [1.82, 2.24) is 10.3 Å². The van der Waals surface area contributed by atoms with Gasteiger partial charge in [0.15, 0.2) is 0 Å². The van der Waals surface area contributed by atoms with E-state index in [1.807, 2.05) is 17.9 Å². The molecule has 3 nitrogen and oxygen atoms in total. The van der Waals surface area contributed by atoms with E-state index in [2.05, 4.69) is 42.3 Å². The van der Waals surface area contributed by atoms with Crippen LogP contribution in [0.25, 0.3) is 0 Å². The van der Waals surface area contributed by atoms with Crippen LogP contribution in [0.2, 0.25) is 0 Å². The summed E-state index contributed by atoms with van der Waals surface area (Å²) < 4.78 is 5.89. The minimum absolute atomic E-state index is 0.274. The molecular formula is C14H18N2OS. The number of ether oxygens (including phenoxy) is 1. The van der Waals surface area contributed by atoms with Gasteiger partial charge in [0.25, 0.3) is 0 Å². The second-order valence-corrected chi connectivity index (χ2v) is 5.04. The summed E-state index contributed by atoms with van der Waals surface area (Å²) in [5, 5.41) is 5.25. The van der Waals surface area contributed by atoms with Crippen LogP contribution in [0.1, 0.15) is 29.8 Å². The number of benzene rings is 1. The molecule has 0 saturated carbocycles. The number of aryl methyl sites for hydroxylation is 1. The summed E-state index contributed by atoms with van der Waals surface area (Å²) in [6.45, 7) is 4.72. The molecule has 0 bridgehead atoms. The lowest BCUT2D eigenvalue weighted by Crippen LogP contribution is -2.14. The van der Waals surface area contributed by atoms with Gasteiger partial charge in [0, 0.05) is 17.0 Å². The van der Waals surface area contributed by atoms with Crippen molar-refractivity contribution in [3.63, 3.8) is 0 Å². The fraction of sp³-hybridized carbons (Fsp3) is 0.357. The molecule has 1 N–H and O–H groups in total. The van der Waals surface area contributed by atoms with Crippen molar-refractivity contribution in [2.24, 2.45) is 0 Å². The highest BCUT2D eigenvalue weighted by Crippen LogP contribution is 2.26. The first kappa shape index (κ1) is 13.1. The van der Waals surface area contributed by atoms with Crippen molar-refractivity contribution >= 4 is 11.3 Å². The van der Waals surface area contributed by atoms with Crippen LogP contribution < -0.4 is 10.1 Å². The number of hydrogen-bond donors (Lipinski definition) is 1. The zero-order valence-corrected chi connectivity index (χ0v) is 11.8. The molecule has 0 spiro atoms. The third kappa shape index (κ3) is 3.09. The summed E-state index contributed by atoms with van der Waals surface area (Å²) in [6.07, 6.45) is 0. The Morgan fingerprint density at radius 1 is 1.44 bits per heavy atom. The molecule has 0 aliphatic heterocycles. The van der Waals surface area contributed by atoms with E-state index in [9.17, 15) is 0 Å². The number of aromatic nitrogens is 1. The molecule has 1 aromatic heterocycles. The van der Waals surface area contributed by atoms with Crippen molar-refractivity contribution in [2.75, 3.05) is 7.05 Å². The van der Waals surface area contributed by atoms with Gasteiger partial charge in [-0.25, -0.2) is 4.98 Å². The molecule has 0 radical (unpaired) electrons. The Kier molecular flexibility index (Phi) is 4.33. The fourth-order valence-corrected chi connectivity index (χ4v) is 2.28. The Labute approximate surface area is 112 Å². The maximum Gasteiger partial charge on any atom is 0.131 e. The molecule has 0 fully saturated rings. The minimum Gasteiger partial charge on any atom is -0.487 e. The van der Waals surface area contributed by atoms with Crippen molar-refractivity contribution in [2.45, 2.75) is 26.5 Å².